The molecule has 0 spiro atoms. The molecule has 0 bridgehead atoms. The van der Waals surface area contributed by atoms with E-state index in [-0.39, 0.29) is 5.78 Å². The highest BCUT2D eigenvalue weighted by molar-refractivity contribution is 8.04. The lowest BCUT2D eigenvalue weighted by Crippen LogP contribution is -2.24. The van der Waals surface area contributed by atoms with Gasteiger partial charge in [0, 0.05) is 5.75 Å². The van der Waals surface area contributed by atoms with Gasteiger partial charge in [-0.2, -0.15) is 0 Å². The van der Waals surface area contributed by atoms with E-state index in [0.717, 1.165) is 33.8 Å². The quantitative estimate of drug-likeness (QED) is 0.745. The molecule has 0 saturated heterocycles. The molecule has 0 radical (unpaired) electrons. The molecular weight excluding hydrogens is 316 g/mol. The molecule has 1 unspecified atom stereocenters. The molecule has 1 heterocycles. The van der Waals surface area contributed by atoms with E-state index in [4.69, 9.17) is 0 Å². The minimum Gasteiger partial charge on any atom is -0.507 e. The van der Waals surface area contributed by atoms with E-state index in [1.165, 1.54) is 18.4 Å². The molecule has 3 rings (SSSR count). The van der Waals surface area contributed by atoms with Gasteiger partial charge in [-0.15, -0.1) is 11.8 Å². The number of hydrogen-bond donors (Lipinski definition) is 1. The van der Waals surface area contributed by atoms with Crippen molar-refractivity contribution in [3.05, 3.63) is 45.4 Å². The molecule has 0 aromatic heterocycles. The fourth-order valence-corrected chi connectivity index (χ4v) is 5.22. The third-order valence-electron chi connectivity index (χ3n) is 5.25. The molecule has 1 N–H and O–H groups in total. The van der Waals surface area contributed by atoms with Crippen LogP contribution in [0.1, 0.15) is 49.8 Å². The highest BCUT2D eigenvalue weighted by atomic mass is 32.2. The van der Waals surface area contributed by atoms with Crippen molar-refractivity contribution in [2.24, 2.45) is 11.3 Å². The van der Waals surface area contributed by atoms with Crippen LogP contribution in [0.25, 0.3) is 6.08 Å². The smallest absolute Gasteiger partial charge is 0.192 e. The number of carbonyl (C=O) groups excluding carboxylic acids is 1. The summed E-state index contributed by atoms with van der Waals surface area (Å²) in [5.74, 6) is 2.12. The van der Waals surface area contributed by atoms with Gasteiger partial charge in [-0.1, -0.05) is 19.9 Å². The molecule has 1 aliphatic heterocycles. The summed E-state index contributed by atoms with van der Waals surface area (Å²) in [6, 6.07) is 3.83. The van der Waals surface area contributed by atoms with Crippen LogP contribution in [0.5, 0.6) is 5.75 Å². The van der Waals surface area contributed by atoms with Crippen LogP contribution in [-0.4, -0.2) is 16.6 Å². The molecule has 3 heteroatoms. The lowest BCUT2D eigenvalue weighted by atomic mass is 9.70. The third kappa shape index (κ3) is 3.46. The average Bonchev–Trinajstić information content (AvgIpc) is 2.91. The highest BCUT2D eigenvalue weighted by Crippen LogP contribution is 2.50. The van der Waals surface area contributed by atoms with Crippen molar-refractivity contribution < 1.29 is 9.90 Å². The van der Waals surface area contributed by atoms with Gasteiger partial charge in [0.2, 0.25) is 0 Å². The van der Waals surface area contributed by atoms with Crippen molar-refractivity contribution in [3.8, 4) is 5.75 Å². The summed E-state index contributed by atoms with van der Waals surface area (Å²) in [4.78, 5) is 13.6. The Bertz CT molecular complexity index is 717. The molecule has 1 fully saturated rings. The van der Waals surface area contributed by atoms with Crippen LogP contribution in [0.15, 0.2) is 28.7 Å². The van der Waals surface area contributed by atoms with Gasteiger partial charge < -0.3 is 5.11 Å². The van der Waals surface area contributed by atoms with E-state index in [1.54, 1.807) is 17.8 Å². The first-order valence-corrected chi connectivity index (χ1v) is 9.64. The van der Waals surface area contributed by atoms with Crippen molar-refractivity contribution >= 4 is 23.6 Å². The van der Waals surface area contributed by atoms with Crippen LogP contribution in [0.2, 0.25) is 0 Å². The van der Waals surface area contributed by atoms with Gasteiger partial charge in [0.1, 0.15) is 5.75 Å². The minimum atomic E-state index is 0.139. The van der Waals surface area contributed by atoms with Gasteiger partial charge in [-0.3, -0.25) is 4.79 Å². The van der Waals surface area contributed by atoms with E-state index < -0.39 is 0 Å². The number of allylic oxidation sites excluding steroid dienone is 3. The molecule has 0 amide bonds. The number of hydrogen-bond acceptors (Lipinski definition) is 3. The van der Waals surface area contributed by atoms with Gasteiger partial charge in [0.15, 0.2) is 5.78 Å². The van der Waals surface area contributed by atoms with Crippen LogP contribution < -0.4 is 0 Å². The fraction of sp³-hybridized carbons (Fsp3) is 0.476. The van der Waals surface area contributed by atoms with Crippen molar-refractivity contribution in [2.45, 2.75) is 47.0 Å². The zero-order valence-corrected chi connectivity index (χ0v) is 15.8. The summed E-state index contributed by atoms with van der Waals surface area (Å²) in [5, 5.41) is 9.85. The average molecular weight is 343 g/mol. The van der Waals surface area contributed by atoms with Crippen molar-refractivity contribution in [3.63, 3.8) is 0 Å². The highest BCUT2D eigenvalue weighted by Gasteiger charge is 2.37. The SMILES string of the molecule is Cc1cc(/C=C/C(=O)C2=C3CCC(C)(C)CC3CS2)cc(C)c1O. The molecule has 1 saturated carbocycles. The number of phenolic OH excluding ortho intramolecular Hbond substituents is 1. The van der Waals surface area contributed by atoms with E-state index in [2.05, 4.69) is 13.8 Å². The van der Waals surface area contributed by atoms with Crippen molar-refractivity contribution in [1.82, 2.24) is 0 Å². The maximum Gasteiger partial charge on any atom is 0.192 e. The summed E-state index contributed by atoms with van der Waals surface area (Å²) in [6.07, 6.45) is 7.01. The molecule has 1 atom stereocenters. The molecule has 1 aromatic carbocycles. The predicted octanol–water partition coefficient (Wildman–Crippen LogP) is 5.42. The first-order chi connectivity index (χ1) is 11.3. The number of aryl methyl sites for hydroxylation is 2. The summed E-state index contributed by atoms with van der Waals surface area (Å²) in [5.41, 5.74) is 4.45. The first-order valence-electron chi connectivity index (χ1n) is 8.65. The minimum absolute atomic E-state index is 0.139. The second-order valence-electron chi connectivity index (χ2n) is 7.93. The van der Waals surface area contributed by atoms with E-state index >= 15 is 0 Å². The zero-order chi connectivity index (χ0) is 17.5. The lowest BCUT2D eigenvalue weighted by Gasteiger charge is -2.34. The predicted molar refractivity (Wildman–Crippen MR) is 102 cm³/mol. The first kappa shape index (κ1) is 17.3. The van der Waals surface area contributed by atoms with Gasteiger partial charge in [0.05, 0.1) is 4.91 Å². The Balaban J connectivity index is 1.78. The second-order valence-corrected chi connectivity index (χ2v) is 8.96. The molecule has 24 heavy (non-hydrogen) atoms. The van der Waals surface area contributed by atoms with Crippen molar-refractivity contribution in [1.29, 1.82) is 0 Å². The lowest BCUT2D eigenvalue weighted by molar-refractivity contribution is -0.110. The molecule has 128 valence electrons. The summed E-state index contributed by atoms with van der Waals surface area (Å²) in [7, 11) is 0. The maximum atomic E-state index is 12.7. The molecule has 1 aliphatic carbocycles. The number of carbonyl (C=O) groups is 1. The second kappa shape index (κ2) is 6.44. The Morgan fingerprint density at radius 3 is 2.62 bits per heavy atom. The largest absolute Gasteiger partial charge is 0.507 e. The van der Waals surface area contributed by atoms with Crippen LogP contribution >= 0.6 is 11.8 Å². The Morgan fingerprint density at radius 2 is 1.96 bits per heavy atom. The van der Waals surface area contributed by atoms with Crippen molar-refractivity contribution in [2.75, 3.05) is 5.75 Å². The Morgan fingerprint density at radius 1 is 1.29 bits per heavy atom. The molecule has 1 aromatic rings. The normalized spacial score (nSPS) is 22.9. The number of phenols is 1. The van der Waals surface area contributed by atoms with Gasteiger partial charge in [-0.25, -0.2) is 0 Å². The van der Waals surface area contributed by atoms with Gasteiger partial charge in [0.25, 0.3) is 0 Å². The third-order valence-corrected chi connectivity index (χ3v) is 6.57. The van der Waals surface area contributed by atoms with Crippen LogP contribution in [0, 0.1) is 25.2 Å². The van der Waals surface area contributed by atoms with Crippen LogP contribution in [0.4, 0.5) is 0 Å². The number of ketones is 1. The summed E-state index contributed by atoms with van der Waals surface area (Å²) >= 11 is 1.74. The number of thioether (sulfide) groups is 1. The number of rotatable bonds is 3. The maximum absolute atomic E-state index is 12.7. The molecule has 2 aliphatic rings. The van der Waals surface area contributed by atoms with Gasteiger partial charge in [-0.05, 0) is 84.9 Å². The van der Waals surface area contributed by atoms with E-state index in [0.29, 0.717) is 17.1 Å². The van der Waals surface area contributed by atoms with Crippen LogP contribution in [0.3, 0.4) is 0 Å². The van der Waals surface area contributed by atoms with Crippen LogP contribution in [-0.2, 0) is 4.79 Å². The zero-order valence-electron chi connectivity index (χ0n) is 15.0. The summed E-state index contributed by atoms with van der Waals surface area (Å²) < 4.78 is 0. The standard InChI is InChI=1S/C21H26O2S/c1-13-9-15(10-14(2)19(13)23)5-6-18(22)20-17-7-8-21(3,4)11-16(17)12-24-20/h5-6,9-10,16,23H,7-8,11-12H2,1-4H3/b6-5+. The number of fused-ring (bicyclic) bond motifs is 1. The fourth-order valence-electron chi connectivity index (χ4n) is 3.87. The Labute approximate surface area is 149 Å². The van der Waals surface area contributed by atoms with E-state index in [9.17, 15) is 9.90 Å². The summed E-state index contributed by atoms with van der Waals surface area (Å²) in [6.45, 7) is 8.44. The number of aromatic hydroxyl groups is 1. The monoisotopic (exact) mass is 342 g/mol. The molecule has 2 nitrogen and oxygen atoms in total. The molecular formula is C21H26O2S. The van der Waals surface area contributed by atoms with Gasteiger partial charge >= 0.3 is 0 Å². The number of benzene rings is 1. The Hall–Kier alpha value is -1.48. The topological polar surface area (TPSA) is 37.3 Å². The van der Waals surface area contributed by atoms with E-state index in [1.807, 2.05) is 32.1 Å². The Kier molecular flexibility index (Phi) is 4.65.